The van der Waals surface area contributed by atoms with Gasteiger partial charge in [0.2, 0.25) is 0 Å². The largest absolute Gasteiger partial charge is 0.343 e. The zero-order valence-electron chi connectivity index (χ0n) is 16.7. The summed E-state index contributed by atoms with van der Waals surface area (Å²) in [5.74, 6) is 0.450. The second-order valence-electron chi connectivity index (χ2n) is 7.24. The van der Waals surface area contributed by atoms with Gasteiger partial charge in [-0.05, 0) is 49.7 Å². The Morgan fingerprint density at radius 3 is 2.63 bits per heavy atom. The van der Waals surface area contributed by atoms with Crippen molar-refractivity contribution in [1.29, 1.82) is 0 Å². The predicted molar refractivity (Wildman–Crippen MR) is 116 cm³/mol. The molecule has 2 aromatic carbocycles. The fourth-order valence-electron chi connectivity index (χ4n) is 3.58. The molecule has 0 aliphatic rings. The van der Waals surface area contributed by atoms with Crippen molar-refractivity contribution in [2.75, 3.05) is 0 Å². The molecule has 3 heterocycles. The van der Waals surface area contributed by atoms with Gasteiger partial charge in [0.1, 0.15) is 11.5 Å². The lowest BCUT2D eigenvalue weighted by atomic mass is 10.2. The van der Waals surface area contributed by atoms with Crippen LogP contribution in [0.2, 0.25) is 0 Å². The Morgan fingerprint density at radius 2 is 1.83 bits per heavy atom. The molecule has 0 aliphatic heterocycles. The molecule has 0 atom stereocenters. The second kappa shape index (κ2) is 7.11. The molecular weight excluding hydrogens is 376 g/mol. The Kier molecular flexibility index (Phi) is 4.28. The van der Waals surface area contributed by atoms with Gasteiger partial charge in [-0.25, -0.2) is 14.6 Å². The van der Waals surface area contributed by atoms with Crippen LogP contribution >= 0.6 is 0 Å². The molecule has 5 aromatic rings. The molecule has 5 rings (SSSR count). The first-order valence-corrected chi connectivity index (χ1v) is 9.74. The number of rotatable bonds is 4. The Hall–Kier alpha value is -4.00. The van der Waals surface area contributed by atoms with Crippen LogP contribution < -0.4 is 5.32 Å². The zero-order chi connectivity index (χ0) is 20.7. The van der Waals surface area contributed by atoms with Gasteiger partial charge in [0.25, 0.3) is 5.91 Å². The number of fused-ring (bicyclic) bond motifs is 2. The minimum Gasteiger partial charge on any atom is -0.343 e. The van der Waals surface area contributed by atoms with E-state index in [1.54, 1.807) is 10.7 Å². The lowest BCUT2D eigenvalue weighted by molar-refractivity contribution is 0.0945. The van der Waals surface area contributed by atoms with Gasteiger partial charge < -0.3 is 10.3 Å². The molecule has 1 amide bonds. The lowest BCUT2D eigenvalue weighted by Crippen LogP contribution is -2.24. The number of pyridine rings is 1. The molecule has 30 heavy (non-hydrogen) atoms. The first kappa shape index (κ1) is 18.1. The summed E-state index contributed by atoms with van der Waals surface area (Å²) in [6, 6.07) is 19.4. The smallest absolute Gasteiger partial charge is 0.270 e. The van der Waals surface area contributed by atoms with Crippen LogP contribution in [0.5, 0.6) is 0 Å². The number of aromatic nitrogens is 5. The van der Waals surface area contributed by atoms with E-state index in [0.717, 1.165) is 33.4 Å². The second-order valence-corrected chi connectivity index (χ2v) is 7.24. The topological polar surface area (TPSA) is 88.5 Å². The maximum absolute atomic E-state index is 12.8. The number of H-pyrrole nitrogens is 1. The molecule has 0 spiro atoms. The first-order chi connectivity index (χ1) is 14.6. The van der Waals surface area contributed by atoms with Crippen molar-refractivity contribution in [2.45, 2.75) is 20.4 Å². The SMILES string of the molecule is Cc1nn(-c2ccccc2)c2nc(C(=O)NCc3nc4c(C)cccc4[nH]3)ccc12. The van der Waals surface area contributed by atoms with Gasteiger partial charge in [0, 0.05) is 5.39 Å². The Morgan fingerprint density at radius 1 is 1.00 bits per heavy atom. The molecule has 0 bridgehead atoms. The summed E-state index contributed by atoms with van der Waals surface area (Å²) < 4.78 is 1.77. The van der Waals surface area contributed by atoms with Gasteiger partial charge in [-0.2, -0.15) is 5.10 Å². The summed E-state index contributed by atoms with van der Waals surface area (Å²) in [6.45, 7) is 4.25. The van der Waals surface area contributed by atoms with Crippen LogP contribution in [0.1, 0.15) is 27.6 Å². The number of hydrogen-bond acceptors (Lipinski definition) is 4. The minimum atomic E-state index is -0.257. The van der Waals surface area contributed by atoms with Crippen molar-refractivity contribution in [1.82, 2.24) is 30.0 Å². The molecule has 0 saturated carbocycles. The van der Waals surface area contributed by atoms with E-state index in [4.69, 9.17) is 0 Å². The van der Waals surface area contributed by atoms with Gasteiger partial charge in [-0.15, -0.1) is 0 Å². The van der Waals surface area contributed by atoms with Crippen molar-refractivity contribution >= 4 is 28.0 Å². The van der Waals surface area contributed by atoms with Crippen molar-refractivity contribution in [3.63, 3.8) is 0 Å². The number of nitrogens with one attached hydrogen (secondary N) is 2. The van der Waals surface area contributed by atoms with Gasteiger partial charge in [-0.3, -0.25) is 4.79 Å². The average molecular weight is 396 g/mol. The van der Waals surface area contributed by atoms with E-state index in [-0.39, 0.29) is 5.91 Å². The number of nitrogens with zero attached hydrogens (tertiary/aromatic N) is 4. The quantitative estimate of drug-likeness (QED) is 0.483. The highest BCUT2D eigenvalue weighted by molar-refractivity contribution is 5.95. The number of aryl methyl sites for hydroxylation is 2. The number of imidazole rings is 1. The van der Waals surface area contributed by atoms with Gasteiger partial charge in [0.15, 0.2) is 5.65 Å². The third-order valence-electron chi connectivity index (χ3n) is 5.13. The number of carbonyl (C=O) groups excluding carboxylic acids is 1. The van der Waals surface area contributed by atoms with Crippen molar-refractivity contribution in [2.24, 2.45) is 0 Å². The zero-order valence-corrected chi connectivity index (χ0v) is 16.7. The highest BCUT2D eigenvalue weighted by Crippen LogP contribution is 2.21. The van der Waals surface area contributed by atoms with Crippen LogP contribution in [-0.4, -0.2) is 30.6 Å². The Bertz CT molecular complexity index is 1380. The van der Waals surface area contributed by atoms with Crippen molar-refractivity contribution < 1.29 is 4.79 Å². The summed E-state index contributed by atoms with van der Waals surface area (Å²) in [5.41, 5.74) is 5.74. The first-order valence-electron chi connectivity index (χ1n) is 9.74. The van der Waals surface area contributed by atoms with Gasteiger partial charge in [0.05, 0.1) is 29.0 Å². The molecule has 0 radical (unpaired) electrons. The maximum Gasteiger partial charge on any atom is 0.270 e. The van der Waals surface area contributed by atoms with E-state index < -0.39 is 0 Å². The van der Waals surface area contributed by atoms with Crippen LogP contribution in [0.4, 0.5) is 0 Å². The number of hydrogen-bond donors (Lipinski definition) is 2. The van der Waals surface area contributed by atoms with Gasteiger partial charge in [-0.1, -0.05) is 30.3 Å². The van der Waals surface area contributed by atoms with E-state index in [1.165, 1.54) is 0 Å². The van der Waals surface area contributed by atoms with E-state index in [0.29, 0.717) is 23.7 Å². The molecule has 148 valence electrons. The third kappa shape index (κ3) is 3.10. The summed E-state index contributed by atoms with van der Waals surface area (Å²) in [7, 11) is 0. The average Bonchev–Trinajstić information content (AvgIpc) is 3.34. The van der Waals surface area contributed by atoms with Crippen LogP contribution in [0, 0.1) is 13.8 Å². The molecule has 0 fully saturated rings. The third-order valence-corrected chi connectivity index (χ3v) is 5.13. The Balaban J connectivity index is 1.42. The van der Waals surface area contributed by atoms with E-state index in [9.17, 15) is 4.79 Å². The Labute approximate surface area is 172 Å². The summed E-state index contributed by atoms with van der Waals surface area (Å²) >= 11 is 0. The van der Waals surface area contributed by atoms with E-state index >= 15 is 0 Å². The van der Waals surface area contributed by atoms with E-state index in [2.05, 4.69) is 25.4 Å². The minimum absolute atomic E-state index is 0.257. The number of benzene rings is 2. The summed E-state index contributed by atoms with van der Waals surface area (Å²) in [5, 5.41) is 8.42. The number of aromatic amines is 1. The van der Waals surface area contributed by atoms with Crippen LogP contribution in [0.3, 0.4) is 0 Å². The molecule has 3 aromatic heterocycles. The standard InChI is InChI=1S/C23H20N6O/c1-14-7-6-10-18-21(14)27-20(25-18)13-24-23(30)19-12-11-17-15(2)28-29(22(17)26-19)16-8-4-3-5-9-16/h3-12H,13H2,1-2H3,(H,24,30)(H,25,27). The molecule has 0 saturated heterocycles. The lowest BCUT2D eigenvalue weighted by Gasteiger charge is -2.05. The fraction of sp³-hybridized carbons (Fsp3) is 0.130. The molecule has 7 nitrogen and oxygen atoms in total. The maximum atomic E-state index is 12.8. The molecule has 0 unspecified atom stereocenters. The summed E-state index contributed by atoms with van der Waals surface area (Å²) in [4.78, 5) is 25.2. The number of para-hydroxylation sites is 2. The normalized spacial score (nSPS) is 11.3. The number of carbonyl (C=O) groups is 1. The van der Waals surface area contributed by atoms with Crippen molar-refractivity contribution in [3.8, 4) is 5.69 Å². The van der Waals surface area contributed by atoms with Crippen LogP contribution in [0.25, 0.3) is 27.8 Å². The highest BCUT2D eigenvalue weighted by Gasteiger charge is 2.15. The molecular formula is C23H20N6O. The van der Waals surface area contributed by atoms with Gasteiger partial charge >= 0.3 is 0 Å². The molecule has 7 heteroatoms. The fourth-order valence-corrected chi connectivity index (χ4v) is 3.58. The monoisotopic (exact) mass is 396 g/mol. The molecule has 0 aliphatic carbocycles. The van der Waals surface area contributed by atoms with Crippen molar-refractivity contribution in [3.05, 3.63) is 83.4 Å². The van der Waals surface area contributed by atoms with Crippen LogP contribution in [-0.2, 0) is 6.54 Å². The summed E-state index contributed by atoms with van der Waals surface area (Å²) in [6.07, 6.45) is 0. The van der Waals surface area contributed by atoms with E-state index in [1.807, 2.05) is 68.4 Å². The highest BCUT2D eigenvalue weighted by atomic mass is 16.1. The van der Waals surface area contributed by atoms with Crippen LogP contribution in [0.15, 0.2) is 60.7 Å². The predicted octanol–water partition coefficient (Wildman–Crippen LogP) is 3.84. The molecule has 2 N–H and O–H groups in total. The number of amides is 1.